The molecule has 19 heavy (non-hydrogen) atoms. The van der Waals surface area contributed by atoms with Crippen LogP contribution in [0.5, 0.6) is 5.75 Å². The Morgan fingerprint density at radius 2 is 2.00 bits per heavy atom. The average molecular weight is 260 g/mol. The number of ketones is 1. The predicted octanol–water partition coefficient (Wildman–Crippen LogP) is 2.97. The second-order valence-corrected chi connectivity index (χ2v) is 6.13. The van der Waals surface area contributed by atoms with Crippen molar-refractivity contribution in [3.8, 4) is 5.75 Å². The van der Waals surface area contributed by atoms with Crippen molar-refractivity contribution < 1.29 is 14.3 Å². The summed E-state index contributed by atoms with van der Waals surface area (Å²) in [5.74, 6) is 1.31. The van der Waals surface area contributed by atoms with Gasteiger partial charge in [-0.2, -0.15) is 0 Å². The first kappa shape index (κ1) is 12.7. The minimum atomic E-state index is 0.00129. The van der Waals surface area contributed by atoms with Crippen LogP contribution in [0.1, 0.15) is 42.6 Å². The van der Waals surface area contributed by atoms with Crippen molar-refractivity contribution >= 4 is 5.78 Å². The first-order chi connectivity index (χ1) is 9.08. The molecule has 3 heteroatoms. The smallest absolute Gasteiger partial charge is 0.166 e. The topological polar surface area (TPSA) is 35.5 Å². The van der Waals surface area contributed by atoms with E-state index in [1.165, 1.54) is 0 Å². The van der Waals surface area contributed by atoms with Gasteiger partial charge in [-0.15, -0.1) is 0 Å². The van der Waals surface area contributed by atoms with E-state index in [1.54, 1.807) is 0 Å². The van der Waals surface area contributed by atoms with E-state index in [9.17, 15) is 4.79 Å². The van der Waals surface area contributed by atoms with Gasteiger partial charge in [0, 0.05) is 35.7 Å². The van der Waals surface area contributed by atoms with Crippen LogP contribution in [0.3, 0.4) is 0 Å². The summed E-state index contributed by atoms with van der Waals surface area (Å²) in [6.07, 6.45) is 1.69. The van der Waals surface area contributed by atoms with Crippen LogP contribution < -0.4 is 4.74 Å². The monoisotopic (exact) mass is 260 g/mol. The lowest BCUT2D eigenvalue weighted by Gasteiger charge is -2.21. The zero-order chi connectivity index (χ0) is 13.5. The summed E-state index contributed by atoms with van der Waals surface area (Å²) in [6.45, 7) is 6.41. The van der Waals surface area contributed by atoms with E-state index in [2.05, 4.69) is 13.8 Å². The van der Waals surface area contributed by atoms with Crippen LogP contribution in [-0.2, 0) is 10.2 Å². The Labute approximate surface area is 113 Å². The summed E-state index contributed by atoms with van der Waals surface area (Å²) in [7, 11) is 0. The van der Waals surface area contributed by atoms with Gasteiger partial charge in [0.25, 0.3) is 0 Å². The number of benzene rings is 1. The highest BCUT2D eigenvalue weighted by molar-refractivity contribution is 5.98. The molecule has 0 amide bonds. The molecule has 0 bridgehead atoms. The molecule has 1 saturated heterocycles. The Morgan fingerprint density at radius 1 is 1.26 bits per heavy atom. The predicted molar refractivity (Wildman–Crippen MR) is 72.8 cm³/mol. The highest BCUT2D eigenvalue weighted by atomic mass is 16.5. The molecule has 2 heterocycles. The number of hydrogen-bond acceptors (Lipinski definition) is 3. The quantitative estimate of drug-likeness (QED) is 0.767. The molecule has 2 aliphatic heterocycles. The molecule has 102 valence electrons. The van der Waals surface area contributed by atoms with E-state index in [0.29, 0.717) is 19.8 Å². The average Bonchev–Trinajstić information content (AvgIpc) is 2.74. The van der Waals surface area contributed by atoms with Crippen molar-refractivity contribution in [1.29, 1.82) is 0 Å². The van der Waals surface area contributed by atoms with Crippen LogP contribution in [-0.4, -0.2) is 25.6 Å². The third-order valence-electron chi connectivity index (χ3n) is 4.17. The fourth-order valence-electron chi connectivity index (χ4n) is 2.87. The maximum atomic E-state index is 12.5. The lowest BCUT2D eigenvalue weighted by molar-refractivity contribution is 0.0545. The molecule has 0 aromatic heterocycles. The van der Waals surface area contributed by atoms with E-state index in [1.807, 2.05) is 18.2 Å². The fourth-order valence-corrected chi connectivity index (χ4v) is 2.87. The highest BCUT2D eigenvalue weighted by Gasteiger charge is 2.33. The molecule has 0 aliphatic carbocycles. The molecule has 0 radical (unpaired) electrons. The maximum absolute atomic E-state index is 12.5. The zero-order valence-corrected chi connectivity index (χ0v) is 11.6. The van der Waals surface area contributed by atoms with Gasteiger partial charge in [-0.25, -0.2) is 0 Å². The van der Waals surface area contributed by atoms with Crippen LogP contribution >= 0.6 is 0 Å². The number of Topliss-reactive ketones (excluding diaryl/α,β-unsaturated/α-hetero) is 1. The summed E-state index contributed by atoms with van der Waals surface area (Å²) in [6, 6.07) is 5.87. The van der Waals surface area contributed by atoms with Gasteiger partial charge in [0.05, 0.1) is 6.61 Å². The van der Waals surface area contributed by atoms with E-state index in [0.717, 1.165) is 29.7 Å². The number of carbonyl (C=O) groups excluding carboxylic acids is 1. The summed E-state index contributed by atoms with van der Waals surface area (Å²) in [5.41, 5.74) is 1.98. The Bertz CT molecular complexity index is 499. The van der Waals surface area contributed by atoms with Crippen molar-refractivity contribution in [3.05, 3.63) is 29.3 Å². The Hall–Kier alpha value is -1.35. The molecular formula is C16H20O3. The van der Waals surface area contributed by atoms with Gasteiger partial charge in [-0.05, 0) is 31.0 Å². The Morgan fingerprint density at radius 3 is 2.74 bits per heavy atom. The van der Waals surface area contributed by atoms with Gasteiger partial charge in [0.15, 0.2) is 5.78 Å². The number of ether oxygens (including phenoxy) is 2. The lowest BCUT2D eigenvalue weighted by Crippen LogP contribution is -2.24. The Kier molecular flexibility index (Phi) is 3.09. The first-order valence-corrected chi connectivity index (χ1v) is 6.97. The molecule has 0 saturated carbocycles. The second-order valence-electron chi connectivity index (χ2n) is 6.13. The number of hydrogen-bond donors (Lipinski definition) is 0. The van der Waals surface area contributed by atoms with Gasteiger partial charge in [-0.1, -0.05) is 13.8 Å². The molecule has 3 rings (SSSR count). The van der Waals surface area contributed by atoms with Crippen LogP contribution in [0.2, 0.25) is 0 Å². The van der Waals surface area contributed by atoms with E-state index in [4.69, 9.17) is 9.47 Å². The van der Waals surface area contributed by atoms with Gasteiger partial charge in [-0.3, -0.25) is 4.79 Å². The first-order valence-electron chi connectivity index (χ1n) is 6.97. The van der Waals surface area contributed by atoms with Crippen molar-refractivity contribution in [2.45, 2.75) is 32.1 Å². The largest absolute Gasteiger partial charge is 0.492 e. The van der Waals surface area contributed by atoms with Crippen molar-refractivity contribution in [1.82, 2.24) is 0 Å². The standard InChI is InChI=1S/C16H20O3/c1-16(2)10-19-14-4-3-12(9-13(14)16)15(17)11-5-7-18-8-6-11/h3-4,9,11H,5-8,10H2,1-2H3. The van der Waals surface area contributed by atoms with Crippen molar-refractivity contribution in [2.75, 3.05) is 19.8 Å². The van der Waals surface area contributed by atoms with Gasteiger partial charge in [0.1, 0.15) is 5.75 Å². The summed E-state index contributed by atoms with van der Waals surface area (Å²) < 4.78 is 11.0. The molecule has 3 nitrogen and oxygen atoms in total. The molecule has 0 unspecified atom stereocenters. The molecule has 1 aromatic rings. The molecule has 1 fully saturated rings. The summed E-state index contributed by atoms with van der Waals surface area (Å²) in [4.78, 5) is 12.5. The molecule has 0 spiro atoms. The van der Waals surface area contributed by atoms with E-state index >= 15 is 0 Å². The third kappa shape index (κ3) is 2.27. The zero-order valence-electron chi connectivity index (χ0n) is 11.6. The van der Waals surface area contributed by atoms with Gasteiger partial charge in [0.2, 0.25) is 0 Å². The summed E-state index contributed by atoms with van der Waals surface area (Å²) >= 11 is 0. The lowest BCUT2D eigenvalue weighted by atomic mass is 9.84. The van der Waals surface area contributed by atoms with Crippen LogP contribution in [0.25, 0.3) is 0 Å². The SMILES string of the molecule is CC1(C)COc2ccc(C(=O)C3CCOCC3)cc21. The number of carbonyl (C=O) groups is 1. The number of fused-ring (bicyclic) bond motifs is 1. The third-order valence-corrected chi connectivity index (χ3v) is 4.17. The minimum absolute atomic E-state index is 0.00129. The minimum Gasteiger partial charge on any atom is -0.492 e. The number of rotatable bonds is 2. The molecule has 1 aromatic carbocycles. The van der Waals surface area contributed by atoms with E-state index in [-0.39, 0.29) is 17.1 Å². The molecular weight excluding hydrogens is 240 g/mol. The Balaban J connectivity index is 1.88. The second kappa shape index (κ2) is 4.64. The molecule has 0 N–H and O–H groups in total. The van der Waals surface area contributed by atoms with Crippen LogP contribution in [0, 0.1) is 5.92 Å². The highest BCUT2D eigenvalue weighted by Crippen LogP contribution is 2.39. The van der Waals surface area contributed by atoms with Crippen LogP contribution in [0.4, 0.5) is 0 Å². The van der Waals surface area contributed by atoms with Crippen molar-refractivity contribution in [3.63, 3.8) is 0 Å². The fraction of sp³-hybridized carbons (Fsp3) is 0.562. The molecule has 2 aliphatic rings. The normalized spacial score (nSPS) is 21.8. The molecule has 0 atom stereocenters. The van der Waals surface area contributed by atoms with E-state index < -0.39 is 0 Å². The van der Waals surface area contributed by atoms with Gasteiger partial charge < -0.3 is 9.47 Å². The maximum Gasteiger partial charge on any atom is 0.166 e. The van der Waals surface area contributed by atoms with Crippen molar-refractivity contribution in [2.24, 2.45) is 5.92 Å². The van der Waals surface area contributed by atoms with Gasteiger partial charge >= 0.3 is 0 Å². The summed E-state index contributed by atoms with van der Waals surface area (Å²) in [5, 5.41) is 0. The van der Waals surface area contributed by atoms with Crippen LogP contribution in [0.15, 0.2) is 18.2 Å².